The van der Waals surface area contributed by atoms with Crippen LogP contribution in [0.3, 0.4) is 0 Å². The molecule has 2 aliphatic heterocycles. The molecule has 2 heterocycles. The first-order chi connectivity index (χ1) is 10.4. The van der Waals surface area contributed by atoms with E-state index >= 15 is 0 Å². The van der Waals surface area contributed by atoms with Crippen molar-refractivity contribution < 1.29 is 17.9 Å². The third-order valence-electron chi connectivity index (χ3n) is 3.72. The van der Waals surface area contributed by atoms with E-state index in [2.05, 4.69) is 10.6 Å². The maximum Gasteiger partial charge on any atom is 0.171 e. The van der Waals surface area contributed by atoms with Gasteiger partial charge in [0, 0.05) is 11.8 Å². The average Bonchev–Trinajstić information content (AvgIpc) is 2.72. The molecular formula is C14H18N2O4S2. The van der Waals surface area contributed by atoms with Gasteiger partial charge in [-0.15, -0.1) is 0 Å². The van der Waals surface area contributed by atoms with Gasteiger partial charge in [-0.1, -0.05) is 0 Å². The second-order valence-electron chi connectivity index (χ2n) is 5.84. The second kappa shape index (κ2) is 5.58. The Morgan fingerprint density at radius 3 is 2.68 bits per heavy atom. The predicted molar refractivity (Wildman–Crippen MR) is 88.5 cm³/mol. The van der Waals surface area contributed by atoms with Crippen LogP contribution in [0.15, 0.2) is 18.2 Å². The second-order valence-corrected chi connectivity index (χ2v) is 8.43. The van der Waals surface area contributed by atoms with Gasteiger partial charge < -0.3 is 20.1 Å². The molecule has 0 saturated carbocycles. The molecule has 1 aromatic carbocycles. The summed E-state index contributed by atoms with van der Waals surface area (Å²) in [5.74, 6) is 1.68. The summed E-state index contributed by atoms with van der Waals surface area (Å²) in [6.45, 7) is 2.94. The van der Waals surface area contributed by atoms with Crippen molar-refractivity contribution in [3.63, 3.8) is 0 Å². The summed E-state index contributed by atoms with van der Waals surface area (Å²) >= 11 is 5.29. The molecule has 120 valence electrons. The van der Waals surface area contributed by atoms with E-state index in [1.165, 1.54) is 0 Å². The average molecular weight is 342 g/mol. The molecule has 2 N–H and O–H groups in total. The molecule has 1 saturated heterocycles. The van der Waals surface area contributed by atoms with Gasteiger partial charge in [0.25, 0.3) is 0 Å². The van der Waals surface area contributed by atoms with Crippen LogP contribution in [0.25, 0.3) is 0 Å². The Kier molecular flexibility index (Phi) is 3.90. The molecule has 0 unspecified atom stereocenters. The SMILES string of the molecule is C[C@]1(NC(=S)Nc2ccc3c(c2)OCCO3)CCS(=O)(=O)C1. The van der Waals surface area contributed by atoms with Crippen LogP contribution in [0.2, 0.25) is 0 Å². The van der Waals surface area contributed by atoms with Crippen molar-refractivity contribution in [3.05, 3.63) is 18.2 Å². The van der Waals surface area contributed by atoms with E-state index in [0.29, 0.717) is 36.2 Å². The summed E-state index contributed by atoms with van der Waals surface area (Å²) < 4.78 is 34.2. The molecule has 22 heavy (non-hydrogen) atoms. The normalized spacial score (nSPS) is 25.5. The van der Waals surface area contributed by atoms with Crippen LogP contribution < -0.4 is 20.1 Å². The molecule has 1 aromatic rings. The number of ether oxygens (including phenoxy) is 2. The molecule has 3 rings (SSSR count). The molecule has 0 radical (unpaired) electrons. The number of nitrogens with one attached hydrogen (secondary N) is 2. The number of fused-ring (bicyclic) bond motifs is 1. The highest BCUT2D eigenvalue weighted by molar-refractivity contribution is 7.91. The van der Waals surface area contributed by atoms with Crippen molar-refractivity contribution >= 4 is 32.9 Å². The summed E-state index contributed by atoms with van der Waals surface area (Å²) in [5.41, 5.74) is 0.253. The Labute approximate surface area is 135 Å². The van der Waals surface area contributed by atoms with E-state index in [-0.39, 0.29) is 11.5 Å². The highest BCUT2D eigenvalue weighted by Gasteiger charge is 2.38. The van der Waals surface area contributed by atoms with E-state index < -0.39 is 15.4 Å². The number of anilines is 1. The Balaban J connectivity index is 1.65. The maximum atomic E-state index is 11.6. The van der Waals surface area contributed by atoms with Gasteiger partial charge in [-0.25, -0.2) is 8.42 Å². The van der Waals surface area contributed by atoms with Crippen LogP contribution in [-0.2, 0) is 9.84 Å². The lowest BCUT2D eigenvalue weighted by molar-refractivity contribution is 0.171. The molecule has 0 aromatic heterocycles. The van der Waals surface area contributed by atoms with Crippen molar-refractivity contribution in [1.29, 1.82) is 0 Å². The van der Waals surface area contributed by atoms with Crippen molar-refractivity contribution in [2.45, 2.75) is 18.9 Å². The summed E-state index contributed by atoms with van der Waals surface area (Å²) in [4.78, 5) is 0. The predicted octanol–water partition coefficient (Wildman–Crippen LogP) is 1.32. The number of hydrogen-bond donors (Lipinski definition) is 2. The monoisotopic (exact) mass is 342 g/mol. The number of sulfone groups is 1. The lowest BCUT2D eigenvalue weighted by Gasteiger charge is -2.26. The van der Waals surface area contributed by atoms with Gasteiger partial charge >= 0.3 is 0 Å². The Hall–Kier alpha value is -1.54. The molecule has 0 spiro atoms. The van der Waals surface area contributed by atoms with Gasteiger partial charge in [-0.2, -0.15) is 0 Å². The minimum absolute atomic E-state index is 0.100. The van der Waals surface area contributed by atoms with Gasteiger partial charge in [0.2, 0.25) is 0 Å². The number of benzene rings is 1. The van der Waals surface area contributed by atoms with Crippen LogP contribution >= 0.6 is 12.2 Å². The van der Waals surface area contributed by atoms with Gasteiger partial charge in [0.1, 0.15) is 13.2 Å². The van der Waals surface area contributed by atoms with Crippen molar-refractivity contribution in [2.24, 2.45) is 0 Å². The highest BCUT2D eigenvalue weighted by atomic mass is 32.2. The first-order valence-corrected chi connectivity index (χ1v) is 9.28. The number of hydrogen-bond acceptors (Lipinski definition) is 5. The standard InChI is InChI=1S/C14H18N2O4S2/c1-14(4-7-22(17,18)9-14)16-13(21)15-10-2-3-11-12(8-10)20-6-5-19-11/h2-3,8H,4-7,9H2,1H3,(H2,15,16,21)/t14-/m0/s1. The summed E-state index contributed by atoms with van der Waals surface area (Å²) in [7, 11) is -2.97. The zero-order valence-electron chi connectivity index (χ0n) is 12.2. The Bertz CT molecular complexity index is 705. The fourth-order valence-corrected chi connectivity index (χ4v) is 5.12. The molecule has 2 aliphatic rings. The van der Waals surface area contributed by atoms with Crippen LogP contribution in [0.5, 0.6) is 11.5 Å². The summed E-state index contributed by atoms with van der Waals surface area (Å²) in [6, 6.07) is 5.48. The van der Waals surface area contributed by atoms with Gasteiger partial charge in [0.15, 0.2) is 26.4 Å². The summed E-state index contributed by atoms with van der Waals surface area (Å²) in [5, 5.41) is 6.57. The molecule has 1 fully saturated rings. The van der Waals surface area contributed by atoms with Gasteiger partial charge in [0.05, 0.1) is 17.0 Å². The molecule has 1 atom stereocenters. The van der Waals surface area contributed by atoms with Crippen molar-refractivity contribution in [1.82, 2.24) is 5.32 Å². The minimum atomic E-state index is -2.97. The lowest BCUT2D eigenvalue weighted by Crippen LogP contribution is -2.48. The zero-order valence-corrected chi connectivity index (χ0v) is 13.9. The zero-order chi connectivity index (χ0) is 15.8. The molecule has 0 amide bonds. The lowest BCUT2D eigenvalue weighted by atomic mass is 10.0. The van der Waals surface area contributed by atoms with E-state index in [1.807, 2.05) is 25.1 Å². The highest BCUT2D eigenvalue weighted by Crippen LogP contribution is 2.32. The third kappa shape index (κ3) is 3.44. The third-order valence-corrected chi connectivity index (χ3v) is 5.83. The first kappa shape index (κ1) is 15.4. The smallest absolute Gasteiger partial charge is 0.171 e. The largest absolute Gasteiger partial charge is 0.486 e. The minimum Gasteiger partial charge on any atom is -0.486 e. The Morgan fingerprint density at radius 1 is 1.27 bits per heavy atom. The van der Waals surface area contributed by atoms with E-state index in [0.717, 1.165) is 5.69 Å². The quantitative estimate of drug-likeness (QED) is 0.785. The van der Waals surface area contributed by atoms with Gasteiger partial charge in [-0.05, 0) is 37.7 Å². The van der Waals surface area contributed by atoms with Crippen molar-refractivity contribution in [3.8, 4) is 11.5 Å². The number of thiocarbonyl (C=S) groups is 1. The van der Waals surface area contributed by atoms with Crippen LogP contribution in [0.1, 0.15) is 13.3 Å². The van der Waals surface area contributed by atoms with Crippen LogP contribution in [-0.4, -0.2) is 43.8 Å². The molecular weight excluding hydrogens is 324 g/mol. The fraction of sp³-hybridized carbons (Fsp3) is 0.500. The Morgan fingerprint density at radius 2 is 2.00 bits per heavy atom. The van der Waals surface area contributed by atoms with E-state index in [4.69, 9.17) is 21.7 Å². The first-order valence-electron chi connectivity index (χ1n) is 7.05. The van der Waals surface area contributed by atoms with E-state index in [1.54, 1.807) is 0 Å². The van der Waals surface area contributed by atoms with Crippen LogP contribution in [0, 0.1) is 0 Å². The molecule has 0 aliphatic carbocycles. The maximum absolute atomic E-state index is 11.6. The van der Waals surface area contributed by atoms with Crippen LogP contribution in [0.4, 0.5) is 5.69 Å². The molecule has 0 bridgehead atoms. The number of rotatable bonds is 2. The summed E-state index contributed by atoms with van der Waals surface area (Å²) in [6.07, 6.45) is 0.554. The molecule has 8 heteroatoms. The van der Waals surface area contributed by atoms with E-state index in [9.17, 15) is 8.42 Å². The van der Waals surface area contributed by atoms with Crippen molar-refractivity contribution in [2.75, 3.05) is 30.0 Å². The van der Waals surface area contributed by atoms with Gasteiger partial charge in [-0.3, -0.25) is 0 Å². The molecule has 6 nitrogen and oxygen atoms in total. The fourth-order valence-electron chi connectivity index (χ4n) is 2.67. The topological polar surface area (TPSA) is 76.7 Å².